The Hall–Kier alpha value is -1.44. The van der Waals surface area contributed by atoms with Gasteiger partial charge < -0.3 is 16.0 Å². The van der Waals surface area contributed by atoms with Gasteiger partial charge in [0.1, 0.15) is 10.7 Å². The highest BCUT2D eigenvalue weighted by atomic mass is 35.5. The molecule has 0 radical (unpaired) electrons. The number of nitrogens with two attached hydrogens (primary N) is 1. The molecule has 0 aromatic carbocycles. The van der Waals surface area contributed by atoms with Gasteiger partial charge >= 0.3 is 0 Å². The van der Waals surface area contributed by atoms with Gasteiger partial charge in [0, 0.05) is 24.3 Å². The van der Waals surface area contributed by atoms with Crippen molar-refractivity contribution >= 4 is 39.9 Å². The molecule has 2 heterocycles. The van der Waals surface area contributed by atoms with Crippen LogP contribution in [0, 0.1) is 5.92 Å². The molecule has 0 bridgehead atoms. The molecular formula is C18H27ClN4O2S. The van der Waals surface area contributed by atoms with E-state index in [1.165, 1.54) is 10.4 Å². The van der Waals surface area contributed by atoms with E-state index in [2.05, 4.69) is 22.2 Å². The maximum atomic E-state index is 12.5. The number of hydrogen-bond donors (Lipinski definition) is 3. The maximum absolute atomic E-state index is 12.5. The lowest BCUT2D eigenvalue weighted by atomic mass is 9.89. The molecule has 4 N–H and O–H groups in total. The van der Waals surface area contributed by atoms with Crippen LogP contribution >= 0.6 is 23.7 Å². The van der Waals surface area contributed by atoms with Crippen LogP contribution in [0.5, 0.6) is 0 Å². The van der Waals surface area contributed by atoms with Gasteiger partial charge in [-0.25, -0.2) is 4.98 Å². The predicted octanol–water partition coefficient (Wildman–Crippen LogP) is 2.32. The minimum absolute atomic E-state index is 0. The predicted molar refractivity (Wildman–Crippen MR) is 108 cm³/mol. The molecule has 1 amide bonds. The summed E-state index contributed by atoms with van der Waals surface area (Å²) in [5, 5.41) is 3.64. The highest BCUT2D eigenvalue weighted by molar-refractivity contribution is 7.18. The van der Waals surface area contributed by atoms with E-state index in [1.807, 2.05) is 0 Å². The zero-order valence-corrected chi connectivity index (χ0v) is 16.7. The number of nitrogens with zero attached hydrogens (tertiary/aromatic N) is 1. The molecule has 1 unspecified atom stereocenters. The molecule has 1 atom stereocenters. The molecule has 1 aliphatic carbocycles. The number of aromatic nitrogens is 2. The van der Waals surface area contributed by atoms with Crippen molar-refractivity contribution in [2.75, 3.05) is 13.1 Å². The van der Waals surface area contributed by atoms with Crippen LogP contribution in [0.2, 0.25) is 0 Å². The van der Waals surface area contributed by atoms with E-state index >= 15 is 0 Å². The van der Waals surface area contributed by atoms with Crippen molar-refractivity contribution in [3.63, 3.8) is 0 Å². The van der Waals surface area contributed by atoms with Gasteiger partial charge in [-0.15, -0.1) is 23.7 Å². The number of halogens is 1. The Morgan fingerprint density at radius 1 is 1.42 bits per heavy atom. The number of hydrogen-bond acceptors (Lipinski definition) is 5. The molecule has 2 aromatic heterocycles. The first kappa shape index (κ1) is 20.9. The fourth-order valence-corrected chi connectivity index (χ4v) is 4.73. The van der Waals surface area contributed by atoms with Gasteiger partial charge in [0.15, 0.2) is 0 Å². The van der Waals surface area contributed by atoms with Gasteiger partial charge in [0.2, 0.25) is 5.91 Å². The number of aromatic amines is 1. The van der Waals surface area contributed by atoms with E-state index in [-0.39, 0.29) is 23.9 Å². The lowest BCUT2D eigenvalue weighted by Crippen LogP contribution is -2.25. The monoisotopic (exact) mass is 398 g/mol. The summed E-state index contributed by atoms with van der Waals surface area (Å²) in [5.74, 6) is 1.25. The SMILES string of the molecule is CC1CCc2c(sc3nc(CCC(=O)NCCCCN)[nH]c(=O)c23)C1.Cl. The number of fused-ring (bicyclic) bond motifs is 3. The Morgan fingerprint density at radius 3 is 3.00 bits per heavy atom. The Labute approximate surface area is 163 Å². The minimum Gasteiger partial charge on any atom is -0.356 e. The number of thiophene rings is 1. The number of rotatable bonds is 7. The lowest BCUT2D eigenvalue weighted by molar-refractivity contribution is -0.121. The molecule has 3 rings (SSSR count). The Kier molecular flexibility index (Phi) is 7.61. The fraction of sp³-hybridized carbons (Fsp3) is 0.611. The first-order valence-electron chi connectivity index (χ1n) is 9.08. The molecule has 6 nitrogen and oxygen atoms in total. The smallest absolute Gasteiger partial charge is 0.259 e. The highest BCUT2D eigenvalue weighted by Crippen LogP contribution is 2.35. The molecule has 144 valence electrons. The van der Waals surface area contributed by atoms with E-state index in [9.17, 15) is 9.59 Å². The Bertz CT molecular complexity index is 817. The lowest BCUT2D eigenvalue weighted by Gasteiger charge is -2.17. The van der Waals surface area contributed by atoms with Crippen LogP contribution in [0.1, 0.15) is 48.9 Å². The molecule has 8 heteroatoms. The highest BCUT2D eigenvalue weighted by Gasteiger charge is 2.23. The fourth-order valence-electron chi connectivity index (χ4n) is 3.33. The zero-order chi connectivity index (χ0) is 17.8. The third-order valence-electron chi connectivity index (χ3n) is 4.76. The van der Waals surface area contributed by atoms with Crippen molar-refractivity contribution in [1.29, 1.82) is 0 Å². The van der Waals surface area contributed by atoms with Crippen molar-refractivity contribution < 1.29 is 4.79 Å². The van der Waals surface area contributed by atoms with Gasteiger partial charge in [-0.2, -0.15) is 0 Å². The minimum atomic E-state index is -0.0598. The molecular weight excluding hydrogens is 372 g/mol. The van der Waals surface area contributed by atoms with Crippen LogP contribution < -0.4 is 16.6 Å². The number of carbonyl (C=O) groups is 1. The topological polar surface area (TPSA) is 101 Å². The van der Waals surface area contributed by atoms with Gasteiger partial charge in [-0.3, -0.25) is 9.59 Å². The average molecular weight is 399 g/mol. The second-order valence-electron chi connectivity index (χ2n) is 6.89. The summed E-state index contributed by atoms with van der Waals surface area (Å²) >= 11 is 1.64. The van der Waals surface area contributed by atoms with Crippen molar-refractivity contribution in [2.24, 2.45) is 11.7 Å². The summed E-state index contributed by atoms with van der Waals surface area (Å²) < 4.78 is 0. The summed E-state index contributed by atoms with van der Waals surface area (Å²) in [4.78, 5) is 34.0. The number of unbranched alkanes of at least 4 members (excludes halogenated alkanes) is 1. The van der Waals surface area contributed by atoms with Gasteiger partial charge in [0.25, 0.3) is 5.56 Å². The average Bonchev–Trinajstić information content (AvgIpc) is 2.94. The molecule has 0 spiro atoms. The molecule has 0 fully saturated rings. The largest absolute Gasteiger partial charge is 0.356 e. The first-order valence-corrected chi connectivity index (χ1v) is 9.90. The van der Waals surface area contributed by atoms with E-state index < -0.39 is 0 Å². The summed E-state index contributed by atoms with van der Waals surface area (Å²) in [6.45, 7) is 3.54. The number of H-pyrrole nitrogens is 1. The standard InChI is InChI=1S/C18H26N4O2S.ClH/c1-11-4-5-12-13(10-11)25-18-16(12)17(24)21-14(22-18)6-7-15(23)20-9-3-2-8-19;/h11H,2-10,19H2,1H3,(H,20,23)(H,21,22,24);1H. The summed E-state index contributed by atoms with van der Waals surface area (Å²) in [5.41, 5.74) is 6.56. The molecule has 26 heavy (non-hydrogen) atoms. The molecule has 2 aromatic rings. The molecule has 1 aliphatic rings. The van der Waals surface area contributed by atoms with E-state index in [4.69, 9.17) is 5.73 Å². The quantitative estimate of drug-likeness (QED) is 0.623. The summed E-state index contributed by atoms with van der Waals surface area (Å²) in [7, 11) is 0. The Morgan fingerprint density at radius 2 is 2.23 bits per heavy atom. The van der Waals surface area contributed by atoms with Crippen LogP contribution in [0.15, 0.2) is 4.79 Å². The van der Waals surface area contributed by atoms with Crippen LogP contribution in [0.25, 0.3) is 10.2 Å². The molecule has 0 saturated carbocycles. The number of carbonyl (C=O) groups excluding carboxylic acids is 1. The first-order chi connectivity index (χ1) is 12.1. The van der Waals surface area contributed by atoms with Gasteiger partial charge in [0.05, 0.1) is 5.39 Å². The van der Waals surface area contributed by atoms with Gasteiger partial charge in [-0.1, -0.05) is 6.92 Å². The second-order valence-corrected chi connectivity index (χ2v) is 7.97. The van der Waals surface area contributed by atoms with Crippen molar-refractivity contribution in [1.82, 2.24) is 15.3 Å². The van der Waals surface area contributed by atoms with Crippen LogP contribution in [0.3, 0.4) is 0 Å². The maximum Gasteiger partial charge on any atom is 0.259 e. The van der Waals surface area contributed by atoms with Crippen LogP contribution in [0.4, 0.5) is 0 Å². The van der Waals surface area contributed by atoms with Crippen LogP contribution in [-0.4, -0.2) is 29.0 Å². The molecule has 0 saturated heterocycles. The summed E-state index contributed by atoms with van der Waals surface area (Å²) in [6.07, 6.45) is 5.72. The molecule has 0 aliphatic heterocycles. The zero-order valence-electron chi connectivity index (χ0n) is 15.1. The third kappa shape index (κ3) is 4.84. The summed E-state index contributed by atoms with van der Waals surface area (Å²) in [6, 6.07) is 0. The van der Waals surface area contributed by atoms with Crippen molar-refractivity contribution in [3.05, 3.63) is 26.6 Å². The third-order valence-corrected chi connectivity index (χ3v) is 5.90. The van der Waals surface area contributed by atoms with Crippen LogP contribution in [-0.2, 0) is 24.1 Å². The van der Waals surface area contributed by atoms with Crippen molar-refractivity contribution in [3.8, 4) is 0 Å². The second kappa shape index (κ2) is 9.48. The van der Waals surface area contributed by atoms with E-state index in [1.54, 1.807) is 11.3 Å². The van der Waals surface area contributed by atoms with Crippen molar-refractivity contribution in [2.45, 2.75) is 51.9 Å². The Balaban J connectivity index is 0.00000243. The number of amides is 1. The number of nitrogens with one attached hydrogen (secondary N) is 2. The van der Waals surface area contributed by atoms with Gasteiger partial charge in [-0.05, 0) is 50.1 Å². The van der Waals surface area contributed by atoms with E-state index in [0.29, 0.717) is 37.7 Å². The number of aryl methyl sites for hydroxylation is 2. The van der Waals surface area contributed by atoms with E-state index in [0.717, 1.165) is 42.3 Å². The normalized spacial score (nSPS) is 16.2.